The Balaban J connectivity index is 1.60. The van der Waals surface area contributed by atoms with Crippen LogP contribution in [0.1, 0.15) is 56.9 Å². The van der Waals surface area contributed by atoms with Crippen LogP contribution in [0.4, 0.5) is 0 Å². The fourth-order valence-electron chi connectivity index (χ4n) is 5.29. The fourth-order valence-corrected chi connectivity index (χ4v) is 6.11. The van der Waals surface area contributed by atoms with E-state index in [1.807, 2.05) is 6.07 Å². The third-order valence-electron chi connectivity index (χ3n) is 6.77. The first kappa shape index (κ1) is 21.1. The second-order valence-electron chi connectivity index (χ2n) is 8.95. The van der Waals surface area contributed by atoms with E-state index >= 15 is 0 Å². The molecule has 1 aromatic carbocycles. The van der Waals surface area contributed by atoms with Crippen LogP contribution < -0.4 is 9.46 Å². The number of sulfonamides is 1. The number of benzene rings is 1. The van der Waals surface area contributed by atoms with Crippen molar-refractivity contribution in [1.29, 1.82) is 0 Å². The second kappa shape index (κ2) is 8.92. The third-order valence-corrected chi connectivity index (χ3v) is 7.50. The Morgan fingerprint density at radius 2 is 1.83 bits per heavy atom. The van der Waals surface area contributed by atoms with Crippen LogP contribution in [0.2, 0.25) is 0 Å². The first-order chi connectivity index (χ1) is 13.9. The van der Waals surface area contributed by atoms with Crippen LogP contribution in [-0.4, -0.2) is 63.6 Å². The van der Waals surface area contributed by atoms with Gasteiger partial charge < -0.3 is 9.47 Å². The Bertz CT molecular complexity index is 792. The Kier molecular flexibility index (Phi) is 6.49. The zero-order valence-corrected chi connectivity index (χ0v) is 18.4. The first-order valence-corrected chi connectivity index (χ1v) is 12.9. The molecular weight excluding hydrogens is 388 g/mol. The molecule has 2 fully saturated rings. The maximum atomic E-state index is 11.9. The van der Waals surface area contributed by atoms with Crippen molar-refractivity contribution in [1.82, 2.24) is 9.62 Å². The van der Waals surface area contributed by atoms with Crippen molar-refractivity contribution in [2.45, 2.75) is 75.6 Å². The number of rotatable bonds is 2. The predicted molar refractivity (Wildman–Crippen MR) is 114 cm³/mol. The number of hydrogen-bond acceptors (Lipinski definition) is 5. The summed E-state index contributed by atoms with van der Waals surface area (Å²) in [6, 6.07) is 8.55. The summed E-state index contributed by atoms with van der Waals surface area (Å²) >= 11 is 0. The summed E-state index contributed by atoms with van der Waals surface area (Å²) < 4.78 is 39.5. The molecule has 0 radical (unpaired) electrons. The van der Waals surface area contributed by atoms with Gasteiger partial charge >= 0.3 is 0 Å². The molecule has 3 heterocycles. The summed E-state index contributed by atoms with van der Waals surface area (Å²) in [5, 5.41) is 0. The standard InChI is InChI=1S/C22H34N2O4S/c1-16-14-28-22-8-4-3-6-19(22)17-9-11-18(12-10-17)27-15-21-20(23-29(2,25)26)7-5-13-24(16)21/h3-4,6,8,16-18,20-21,23H,5,7,9-15H2,1-2H3/t16-,17?,18?,20?,21+/m1/s1. The Labute approximate surface area is 175 Å². The lowest BCUT2D eigenvalue weighted by Gasteiger charge is -2.44. The lowest BCUT2D eigenvalue weighted by molar-refractivity contribution is -0.0402. The van der Waals surface area contributed by atoms with Gasteiger partial charge in [-0.05, 0) is 69.5 Å². The molecule has 0 spiro atoms. The lowest BCUT2D eigenvalue weighted by atomic mass is 9.82. The van der Waals surface area contributed by atoms with Gasteiger partial charge in [-0.2, -0.15) is 0 Å². The molecule has 1 saturated heterocycles. The minimum absolute atomic E-state index is 0.0331. The van der Waals surface area contributed by atoms with Gasteiger partial charge in [-0.15, -0.1) is 0 Å². The van der Waals surface area contributed by atoms with E-state index in [1.54, 1.807) is 0 Å². The third kappa shape index (κ3) is 5.13. The molecular formula is C22H34N2O4S. The van der Waals surface area contributed by atoms with Crippen molar-refractivity contribution in [3.63, 3.8) is 0 Å². The van der Waals surface area contributed by atoms with Crippen molar-refractivity contribution in [3.8, 4) is 5.75 Å². The number of fused-ring (bicyclic) bond motifs is 5. The summed E-state index contributed by atoms with van der Waals surface area (Å²) in [5.74, 6) is 1.53. The molecule has 6 nitrogen and oxygen atoms in total. The van der Waals surface area contributed by atoms with Crippen LogP contribution in [0.25, 0.3) is 0 Å². The molecule has 5 rings (SSSR count). The summed E-state index contributed by atoms with van der Waals surface area (Å²) in [6.07, 6.45) is 7.64. The SMILES string of the molecule is C[C@@H]1COc2ccccc2C2CCC(CC2)OC[C@H]2C(NS(C)(=O)=O)CCCN12. The van der Waals surface area contributed by atoms with Gasteiger partial charge in [-0.25, -0.2) is 13.1 Å². The lowest BCUT2D eigenvalue weighted by Crippen LogP contribution is -2.60. The summed E-state index contributed by atoms with van der Waals surface area (Å²) in [7, 11) is -3.26. The van der Waals surface area contributed by atoms with Crippen LogP contribution in [0.15, 0.2) is 24.3 Å². The predicted octanol–water partition coefficient (Wildman–Crippen LogP) is 2.89. The molecule has 0 aromatic heterocycles. The van der Waals surface area contributed by atoms with Crippen LogP contribution in [0.5, 0.6) is 5.75 Å². The average Bonchev–Trinajstić information content (AvgIpc) is 2.71. The van der Waals surface area contributed by atoms with Crippen LogP contribution in [0, 0.1) is 0 Å². The number of nitrogens with zero attached hydrogens (tertiary/aromatic N) is 1. The van der Waals surface area contributed by atoms with Crippen molar-refractivity contribution in [3.05, 3.63) is 29.8 Å². The molecule has 1 aliphatic carbocycles. The molecule has 0 amide bonds. The van der Waals surface area contributed by atoms with Crippen molar-refractivity contribution in [2.75, 3.05) is 26.0 Å². The molecule has 29 heavy (non-hydrogen) atoms. The highest BCUT2D eigenvalue weighted by Gasteiger charge is 2.37. The van der Waals surface area contributed by atoms with Crippen LogP contribution >= 0.6 is 0 Å². The van der Waals surface area contributed by atoms with Crippen molar-refractivity contribution < 1.29 is 17.9 Å². The Morgan fingerprint density at radius 1 is 1.07 bits per heavy atom. The van der Waals surface area contributed by atoms with Gasteiger partial charge in [0.15, 0.2) is 0 Å². The number of piperidine rings is 1. The smallest absolute Gasteiger partial charge is 0.209 e. The largest absolute Gasteiger partial charge is 0.492 e. The van der Waals surface area contributed by atoms with Crippen LogP contribution in [-0.2, 0) is 14.8 Å². The van der Waals surface area contributed by atoms with Gasteiger partial charge in [0.05, 0.1) is 19.0 Å². The number of hydrogen-bond donors (Lipinski definition) is 1. The van der Waals surface area contributed by atoms with E-state index in [9.17, 15) is 8.42 Å². The quantitative estimate of drug-likeness (QED) is 0.794. The average molecular weight is 423 g/mol. The van der Waals surface area contributed by atoms with E-state index in [4.69, 9.17) is 9.47 Å². The van der Waals surface area contributed by atoms with E-state index in [1.165, 1.54) is 11.8 Å². The van der Waals surface area contributed by atoms with Gasteiger partial charge in [0, 0.05) is 18.1 Å². The molecule has 1 aromatic rings. The Morgan fingerprint density at radius 3 is 2.59 bits per heavy atom. The first-order valence-electron chi connectivity index (χ1n) is 11.0. The van der Waals surface area contributed by atoms with E-state index in [0.717, 1.165) is 50.8 Å². The minimum Gasteiger partial charge on any atom is -0.492 e. The molecule has 162 valence electrons. The van der Waals surface area contributed by atoms with E-state index in [0.29, 0.717) is 19.1 Å². The molecule has 3 aliphatic heterocycles. The number of nitrogens with one attached hydrogen (secondary N) is 1. The van der Waals surface area contributed by atoms with Gasteiger partial charge in [-0.3, -0.25) is 4.90 Å². The van der Waals surface area contributed by atoms with Gasteiger partial charge in [0.25, 0.3) is 0 Å². The Hall–Kier alpha value is -1.15. The molecule has 3 atom stereocenters. The molecule has 1 saturated carbocycles. The second-order valence-corrected chi connectivity index (χ2v) is 10.7. The molecule has 1 N–H and O–H groups in total. The molecule has 7 heteroatoms. The van der Waals surface area contributed by atoms with Crippen molar-refractivity contribution in [2.24, 2.45) is 0 Å². The molecule has 4 aliphatic rings. The maximum absolute atomic E-state index is 11.9. The molecule has 2 bridgehead atoms. The highest BCUT2D eigenvalue weighted by atomic mass is 32.2. The van der Waals surface area contributed by atoms with E-state index < -0.39 is 10.0 Å². The maximum Gasteiger partial charge on any atom is 0.209 e. The van der Waals surface area contributed by atoms with E-state index in [-0.39, 0.29) is 24.2 Å². The number of ether oxygens (including phenoxy) is 2. The highest BCUT2D eigenvalue weighted by Crippen LogP contribution is 2.39. The molecule has 1 unspecified atom stereocenters. The van der Waals surface area contributed by atoms with Crippen LogP contribution in [0.3, 0.4) is 0 Å². The van der Waals surface area contributed by atoms with Crippen molar-refractivity contribution >= 4 is 10.0 Å². The topological polar surface area (TPSA) is 67.9 Å². The zero-order valence-electron chi connectivity index (χ0n) is 17.5. The minimum atomic E-state index is -3.26. The normalized spacial score (nSPS) is 34.1. The van der Waals surface area contributed by atoms with Gasteiger partial charge in [-0.1, -0.05) is 18.2 Å². The zero-order chi connectivity index (χ0) is 20.4. The van der Waals surface area contributed by atoms with E-state index in [2.05, 4.69) is 34.7 Å². The fraction of sp³-hybridized carbons (Fsp3) is 0.727. The van der Waals surface area contributed by atoms with Gasteiger partial charge in [0.1, 0.15) is 12.4 Å². The summed E-state index contributed by atoms with van der Waals surface area (Å²) in [6.45, 7) is 4.27. The highest BCUT2D eigenvalue weighted by molar-refractivity contribution is 7.88. The number of para-hydroxylation sites is 1. The summed E-state index contributed by atoms with van der Waals surface area (Å²) in [4.78, 5) is 2.39. The summed E-state index contributed by atoms with van der Waals surface area (Å²) in [5.41, 5.74) is 1.32. The van der Waals surface area contributed by atoms with Gasteiger partial charge in [0.2, 0.25) is 10.0 Å². The monoisotopic (exact) mass is 422 g/mol.